The van der Waals surface area contributed by atoms with Gasteiger partial charge in [-0.05, 0) is 46.8 Å². The fourth-order valence-corrected chi connectivity index (χ4v) is 3.10. The first kappa shape index (κ1) is 25.0. The Morgan fingerprint density at radius 2 is 1.68 bits per heavy atom. The van der Waals surface area contributed by atoms with E-state index >= 15 is 0 Å². The van der Waals surface area contributed by atoms with Gasteiger partial charge >= 0.3 is 13.1 Å². The van der Waals surface area contributed by atoms with Crippen molar-refractivity contribution in [1.29, 1.82) is 0 Å². The van der Waals surface area contributed by atoms with Crippen molar-refractivity contribution in [2.24, 2.45) is 0 Å². The van der Waals surface area contributed by atoms with Gasteiger partial charge in [-0.2, -0.15) is 0 Å². The largest absolute Gasteiger partial charge is 0.513 e. The van der Waals surface area contributed by atoms with Crippen LogP contribution in [0.3, 0.4) is 0 Å². The minimum absolute atomic E-state index is 0.126. The van der Waals surface area contributed by atoms with Gasteiger partial charge in [0.25, 0.3) is 0 Å². The Hall–Kier alpha value is -2.25. The van der Waals surface area contributed by atoms with Crippen LogP contribution in [-0.4, -0.2) is 36.0 Å². The molecule has 0 aliphatic carbocycles. The van der Waals surface area contributed by atoms with Crippen molar-refractivity contribution < 1.29 is 28.7 Å². The molecule has 1 aliphatic heterocycles. The number of esters is 1. The van der Waals surface area contributed by atoms with E-state index in [2.05, 4.69) is 0 Å². The number of ether oxygens (including phenoxy) is 2. The Morgan fingerprint density at radius 1 is 1.06 bits per heavy atom. The average Bonchev–Trinajstić information content (AvgIpc) is 2.92. The van der Waals surface area contributed by atoms with Crippen LogP contribution in [0.5, 0.6) is 5.75 Å². The fourth-order valence-electron chi connectivity index (χ4n) is 3.10. The fraction of sp³-hybridized carbons (Fsp3) is 0.542. The molecule has 0 unspecified atom stereocenters. The molecule has 0 radical (unpaired) electrons. The highest BCUT2D eigenvalue weighted by atomic mass is 16.7. The maximum Gasteiger partial charge on any atom is 0.498 e. The minimum Gasteiger partial charge on any atom is -0.513 e. The zero-order valence-corrected chi connectivity index (χ0v) is 19.8. The number of hydrogen-bond acceptors (Lipinski definition) is 6. The minimum atomic E-state index is -0.704. The molecule has 0 aromatic heterocycles. The Balaban J connectivity index is 2.34. The number of benzene rings is 1. The average molecular weight is 430 g/mol. The predicted molar refractivity (Wildman–Crippen MR) is 122 cm³/mol. The van der Waals surface area contributed by atoms with Gasteiger partial charge in [-0.3, -0.25) is 4.79 Å². The van der Waals surface area contributed by atoms with Gasteiger partial charge < -0.3 is 23.9 Å². The third kappa shape index (κ3) is 6.14. The van der Waals surface area contributed by atoms with Crippen molar-refractivity contribution in [2.75, 3.05) is 6.61 Å². The smallest absolute Gasteiger partial charge is 0.498 e. The SMILES string of the molecule is CCOC(=O)Cc1ccccc1O/C(=C/C(B1OC(C)(C)C(C)(C)O1)=C(/O)CC)CC. The Kier molecular flexibility index (Phi) is 8.38. The number of para-hydroxylation sites is 1. The molecule has 6 nitrogen and oxygen atoms in total. The lowest BCUT2D eigenvalue weighted by Gasteiger charge is -2.32. The first-order valence-electron chi connectivity index (χ1n) is 10.9. The molecule has 1 N–H and O–H groups in total. The number of carbonyl (C=O) groups is 1. The highest BCUT2D eigenvalue weighted by molar-refractivity contribution is 6.55. The van der Waals surface area contributed by atoms with Crippen LogP contribution in [0.1, 0.15) is 66.9 Å². The van der Waals surface area contributed by atoms with E-state index in [0.29, 0.717) is 36.4 Å². The molecule has 0 saturated carbocycles. The third-order valence-electron chi connectivity index (χ3n) is 5.69. The lowest BCUT2D eigenvalue weighted by molar-refractivity contribution is -0.142. The molecule has 170 valence electrons. The van der Waals surface area contributed by atoms with E-state index in [9.17, 15) is 9.90 Å². The Labute approximate surface area is 186 Å². The van der Waals surface area contributed by atoms with Gasteiger partial charge in [-0.25, -0.2) is 0 Å². The Bertz CT molecular complexity index is 824. The summed E-state index contributed by atoms with van der Waals surface area (Å²) in [5, 5.41) is 10.6. The molecule has 31 heavy (non-hydrogen) atoms. The van der Waals surface area contributed by atoms with Crippen LogP contribution >= 0.6 is 0 Å². The molecule has 1 heterocycles. The van der Waals surface area contributed by atoms with Gasteiger partial charge in [-0.15, -0.1) is 0 Å². The normalized spacial score (nSPS) is 18.5. The molecule has 0 amide bonds. The quantitative estimate of drug-likeness (QED) is 0.247. The molecule has 1 aliphatic rings. The van der Waals surface area contributed by atoms with Crippen LogP contribution in [0.4, 0.5) is 0 Å². The maximum atomic E-state index is 12.0. The summed E-state index contributed by atoms with van der Waals surface area (Å²) in [5.41, 5.74) is 0.233. The Morgan fingerprint density at radius 3 is 2.23 bits per heavy atom. The molecule has 1 aromatic rings. The maximum absolute atomic E-state index is 12.0. The summed E-state index contributed by atoms with van der Waals surface area (Å²) in [6.45, 7) is 13.8. The zero-order chi connectivity index (χ0) is 23.2. The number of aliphatic hydroxyl groups is 1. The van der Waals surface area contributed by atoms with Crippen LogP contribution in [-0.2, 0) is 25.3 Å². The highest BCUT2D eigenvalue weighted by Gasteiger charge is 2.52. The van der Waals surface area contributed by atoms with Crippen molar-refractivity contribution >= 4 is 13.1 Å². The zero-order valence-electron chi connectivity index (χ0n) is 19.8. The van der Waals surface area contributed by atoms with Crippen LogP contribution in [0.25, 0.3) is 0 Å². The number of allylic oxidation sites excluding steroid dienone is 4. The van der Waals surface area contributed by atoms with E-state index in [1.54, 1.807) is 13.0 Å². The summed E-state index contributed by atoms with van der Waals surface area (Å²) in [4.78, 5) is 12.0. The molecule has 1 aromatic carbocycles. The number of rotatable bonds is 9. The standard InChI is InChI=1S/C24H35BO6/c1-8-18(29-21-14-12-11-13-17(21)15-22(27)28-10-3)16-19(20(26)9-2)25-30-23(4,5)24(6,7)31-25/h11-14,16,26H,8-10,15H2,1-7H3/b18-16+,20-19-. The highest BCUT2D eigenvalue weighted by Crippen LogP contribution is 2.39. The summed E-state index contributed by atoms with van der Waals surface area (Å²) in [6, 6.07) is 7.37. The topological polar surface area (TPSA) is 74.2 Å². The second kappa shape index (κ2) is 10.4. The van der Waals surface area contributed by atoms with Crippen LogP contribution < -0.4 is 4.74 Å². The molecule has 0 spiro atoms. The summed E-state index contributed by atoms with van der Waals surface area (Å²) < 4.78 is 23.5. The summed E-state index contributed by atoms with van der Waals surface area (Å²) in [7, 11) is -0.704. The molecule has 7 heteroatoms. The van der Waals surface area contributed by atoms with Gasteiger partial charge in [0, 0.05) is 23.9 Å². The monoisotopic (exact) mass is 430 g/mol. The molecule has 2 rings (SSSR count). The van der Waals surface area contributed by atoms with Crippen LogP contribution in [0, 0.1) is 0 Å². The number of aliphatic hydroxyl groups excluding tert-OH is 1. The molecular weight excluding hydrogens is 395 g/mol. The summed E-state index contributed by atoms with van der Waals surface area (Å²) in [6.07, 6.45) is 2.92. The molecule has 0 bridgehead atoms. The van der Waals surface area contributed by atoms with Crippen LogP contribution in [0.2, 0.25) is 0 Å². The van der Waals surface area contributed by atoms with Crippen molar-refractivity contribution in [3.63, 3.8) is 0 Å². The van der Waals surface area contributed by atoms with E-state index in [-0.39, 0.29) is 18.1 Å². The second-order valence-corrected chi connectivity index (χ2v) is 8.50. The summed E-state index contributed by atoms with van der Waals surface area (Å²) in [5.74, 6) is 1.09. The van der Waals surface area contributed by atoms with Gasteiger partial charge in [0.2, 0.25) is 0 Å². The number of carbonyl (C=O) groups excluding carboxylic acids is 1. The van der Waals surface area contributed by atoms with Gasteiger partial charge in [-0.1, -0.05) is 32.0 Å². The predicted octanol–water partition coefficient (Wildman–Crippen LogP) is 5.32. The van der Waals surface area contributed by atoms with Crippen molar-refractivity contribution in [3.8, 4) is 5.75 Å². The lowest BCUT2D eigenvalue weighted by Crippen LogP contribution is -2.41. The van der Waals surface area contributed by atoms with Crippen molar-refractivity contribution in [3.05, 3.63) is 52.9 Å². The van der Waals surface area contributed by atoms with Gasteiger partial charge in [0.1, 0.15) is 11.5 Å². The van der Waals surface area contributed by atoms with E-state index in [1.807, 2.05) is 65.8 Å². The first-order valence-corrected chi connectivity index (χ1v) is 10.9. The first-order chi connectivity index (χ1) is 14.5. The lowest BCUT2D eigenvalue weighted by atomic mass is 9.76. The molecular formula is C24H35BO6. The van der Waals surface area contributed by atoms with Gasteiger partial charge in [0.05, 0.1) is 30.0 Å². The molecule has 0 atom stereocenters. The molecule has 1 saturated heterocycles. The third-order valence-corrected chi connectivity index (χ3v) is 5.69. The van der Waals surface area contributed by atoms with Crippen LogP contribution in [0.15, 0.2) is 47.3 Å². The van der Waals surface area contributed by atoms with Gasteiger partial charge in [0.15, 0.2) is 0 Å². The van der Waals surface area contributed by atoms with E-state index in [0.717, 1.165) is 5.56 Å². The molecule has 1 fully saturated rings. The van der Waals surface area contributed by atoms with E-state index in [1.165, 1.54) is 0 Å². The second-order valence-electron chi connectivity index (χ2n) is 8.50. The van der Waals surface area contributed by atoms with E-state index in [4.69, 9.17) is 18.8 Å². The number of hydrogen-bond donors (Lipinski definition) is 1. The van der Waals surface area contributed by atoms with Crippen molar-refractivity contribution in [2.45, 2.75) is 78.9 Å². The van der Waals surface area contributed by atoms with E-state index < -0.39 is 18.3 Å². The summed E-state index contributed by atoms with van der Waals surface area (Å²) >= 11 is 0. The van der Waals surface area contributed by atoms with Crippen molar-refractivity contribution in [1.82, 2.24) is 0 Å².